The summed E-state index contributed by atoms with van der Waals surface area (Å²) in [5.41, 5.74) is 1.36. The summed E-state index contributed by atoms with van der Waals surface area (Å²) in [5, 5.41) is 2.96. The standard InChI is InChI=1S/C24H27N3O4/c1-2-31-20-10-8-19(9-11-20)27-22(28)16-21(24(27)30)26-14-12-17(13-15-26)23(29)25-18-6-4-3-5-7-18/h3-11,17,21H,2,12-16H2,1H3,(H,25,29). The summed E-state index contributed by atoms with van der Waals surface area (Å²) in [6.45, 7) is 3.70. The fraction of sp³-hybridized carbons (Fsp3) is 0.375. The molecule has 31 heavy (non-hydrogen) atoms. The number of amides is 3. The van der Waals surface area contributed by atoms with Crippen LogP contribution in [-0.4, -0.2) is 48.4 Å². The molecular weight excluding hydrogens is 394 g/mol. The van der Waals surface area contributed by atoms with Crippen molar-refractivity contribution in [1.29, 1.82) is 0 Å². The highest BCUT2D eigenvalue weighted by Crippen LogP contribution is 2.30. The third kappa shape index (κ3) is 4.61. The van der Waals surface area contributed by atoms with Gasteiger partial charge in [-0.25, -0.2) is 4.90 Å². The lowest BCUT2D eigenvalue weighted by Gasteiger charge is -2.34. The minimum atomic E-state index is -0.461. The molecule has 7 nitrogen and oxygen atoms in total. The van der Waals surface area contributed by atoms with Crippen molar-refractivity contribution in [2.24, 2.45) is 5.92 Å². The zero-order valence-electron chi connectivity index (χ0n) is 17.6. The number of rotatable bonds is 6. The van der Waals surface area contributed by atoms with Gasteiger partial charge in [0, 0.05) is 11.6 Å². The van der Waals surface area contributed by atoms with Gasteiger partial charge in [0.15, 0.2) is 0 Å². The second-order valence-electron chi connectivity index (χ2n) is 7.88. The molecule has 0 saturated carbocycles. The molecule has 2 aliphatic rings. The first-order valence-corrected chi connectivity index (χ1v) is 10.8. The molecule has 7 heteroatoms. The van der Waals surface area contributed by atoms with Crippen molar-refractivity contribution in [3.05, 3.63) is 54.6 Å². The van der Waals surface area contributed by atoms with E-state index in [1.807, 2.05) is 42.2 Å². The zero-order chi connectivity index (χ0) is 21.8. The summed E-state index contributed by atoms with van der Waals surface area (Å²) >= 11 is 0. The monoisotopic (exact) mass is 421 g/mol. The molecule has 2 fully saturated rings. The average Bonchev–Trinajstić information content (AvgIpc) is 3.09. The molecule has 2 aromatic rings. The fourth-order valence-corrected chi connectivity index (χ4v) is 4.27. The zero-order valence-corrected chi connectivity index (χ0v) is 17.6. The number of para-hydroxylation sites is 1. The van der Waals surface area contributed by atoms with Crippen LogP contribution in [0.5, 0.6) is 5.75 Å². The van der Waals surface area contributed by atoms with Crippen LogP contribution in [0.2, 0.25) is 0 Å². The Bertz CT molecular complexity index is 937. The summed E-state index contributed by atoms with van der Waals surface area (Å²) in [4.78, 5) is 41.5. The largest absolute Gasteiger partial charge is 0.494 e. The van der Waals surface area contributed by atoms with Gasteiger partial charge < -0.3 is 10.1 Å². The van der Waals surface area contributed by atoms with E-state index in [0.29, 0.717) is 44.0 Å². The number of anilines is 2. The van der Waals surface area contributed by atoms with Crippen molar-refractivity contribution < 1.29 is 19.1 Å². The summed E-state index contributed by atoms with van der Waals surface area (Å²) < 4.78 is 5.43. The van der Waals surface area contributed by atoms with Crippen LogP contribution in [0, 0.1) is 5.92 Å². The lowest BCUT2D eigenvalue weighted by molar-refractivity contribution is -0.123. The molecule has 2 aliphatic heterocycles. The van der Waals surface area contributed by atoms with Crippen LogP contribution >= 0.6 is 0 Å². The number of benzene rings is 2. The number of ether oxygens (including phenoxy) is 1. The van der Waals surface area contributed by atoms with Gasteiger partial charge in [-0.1, -0.05) is 18.2 Å². The lowest BCUT2D eigenvalue weighted by atomic mass is 9.94. The first-order valence-electron chi connectivity index (χ1n) is 10.8. The van der Waals surface area contributed by atoms with E-state index < -0.39 is 6.04 Å². The molecule has 0 aliphatic carbocycles. The van der Waals surface area contributed by atoms with Crippen molar-refractivity contribution >= 4 is 29.1 Å². The van der Waals surface area contributed by atoms with Crippen LogP contribution in [0.25, 0.3) is 0 Å². The van der Waals surface area contributed by atoms with E-state index in [2.05, 4.69) is 5.32 Å². The molecule has 162 valence electrons. The number of piperidine rings is 1. The fourth-order valence-electron chi connectivity index (χ4n) is 4.27. The number of imide groups is 1. The molecule has 0 aromatic heterocycles. The molecule has 1 unspecified atom stereocenters. The maximum Gasteiger partial charge on any atom is 0.251 e. The second-order valence-corrected chi connectivity index (χ2v) is 7.88. The number of hydrogen-bond acceptors (Lipinski definition) is 5. The summed E-state index contributed by atoms with van der Waals surface area (Å²) in [7, 11) is 0. The van der Waals surface area contributed by atoms with E-state index in [0.717, 1.165) is 5.69 Å². The molecule has 0 spiro atoms. The summed E-state index contributed by atoms with van der Waals surface area (Å²) in [6.07, 6.45) is 1.51. The van der Waals surface area contributed by atoms with E-state index in [4.69, 9.17) is 4.74 Å². The Labute approximate surface area is 182 Å². The Morgan fingerprint density at radius 1 is 1.03 bits per heavy atom. The summed E-state index contributed by atoms with van der Waals surface area (Å²) in [5.74, 6) is 0.240. The third-order valence-electron chi connectivity index (χ3n) is 5.91. The van der Waals surface area contributed by atoms with Crippen LogP contribution < -0.4 is 15.0 Å². The highest BCUT2D eigenvalue weighted by Gasteiger charge is 2.43. The second kappa shape index (κ2) is 9.31. The van der Waals surface area contributed by atoms with Gasteiger partial charge in [0.25, 0.3) is 5.91 Å². The van der Waals surface area contributed by atoms with Crippen molar-refractivity contribution in [2.45, 2.75) is 32.2 Å². The van der Waals surface area contributed by atoms with Crippen LogP contribution in [0.3, 0.4) is 0 Å². The molecule has 1 atom stereocenters. The van der Waals surface area contributed by atoms with Gasteiger partial charge in [-0.15, -0.1) is 0 Å². The SMILES string of the molecule is CCOc1ccc(N2C(=O)CC(N3CCC(C(=O)Nc4ccccc4)CC3)C2=O)cc1. The molecule has 4 rings (SSSR count). The smallest absolute Gasteiger partial charge is 0.251 e. The number of carbonyl (C=O) groups excluding carboxylic acids is 3. The number of nitrogens with one attached hydrogen (secondary N) is 1. The third-order valence-corrected chi connectivity index (χ3v) is 5.91. The van der Waals surface area contributed by atoms with Gasteiger partial charge in [0.1, 0.15) is 5.75 Å². The van der Waals surface area contributed by atoms with E-state index in [9.17, 15) is 14.4 Å². The molecule has 2 heterocycles. The minimum Gasteiger partial charge on any atom is -0.494 e. The topological polar surface area (TPSA) is 79.0 Å². The molecular formula is C24H27N3O4. The van der Waals surface area contributed by atoms with Gasteiger partial charge in [-0.05, 0) is 69.3 Å². The maximum atomic E-state index is 13.0. The molecule has 2 aromatic carbocycles. The Balaban J connectivity index is 1.35. The van der Waals surface area contributed by atoms with E-state index in [-0.39, 0.29) is 30.1 Å². The highest BCUT2D eigenvalue weighted by atomic mass is 16.5. The van der Waals surface area contributed by atoms with Gasteiger partial charge >= 0.3 is 0 Å². The number of nitrogens with zero attached hydrogens (tertiary/aromatic N) is 2. The lowest BCUT2D eigenvalue weighted by Crippen LogP contribution is -2.47. The predicted octanol–water partition coefficient (Wildman–Crippen LogP) is 3.07. The van der Waals surface area contributed by atoms with Crippen molar-refractivity contribution in [3.63, 3.8) is 0 Å². The predicted molar refractivity (Wildman–Crippen MR) is 118 cm³/mol. The molecule has 3 amide bonds. The summed E-state index contributed by atoms with van der Waals surface area (Å²) in [6, 6.07) is 16.0. The molecule has 0 radical (unpaired) electrons. The van der Waals surface area contributed by atoms with Crippen molar-refractivity contribution in [2.75, 3.05) is 29.9 Å². The van der Waals surface area contributed by atoms with Gasteiger partial charge in [0.05, 0.1) is 24.8 Å². The Hall–Kier alpha value is -3.19. The van der Waals surface area contributed by atoms with E-state index >= 15 is 0 Å². The van der Waals surface area contributed by atoms with Gasteiger partial charge in [0.2, 0.25) is 11.8 Å². The average molecular weight is 421 g/mol. The number of hydrogen-bond donors (Lipinski definition) is 1. The normalized spacial score (nSPS) is 20.2. The Kier molecular flexibility index (Phi) is 6.32. The Morgan fingerprint density at radius 3 is 2.35 bits per heavy atom. The van der Waals surface area contributed by atoms with Crippen LogP contribution in [0.15, 0.2) is 54.6 Å². The van der Waals surface area contributed by atoms with Crippen LogP contribution in [-0.2, 0) is 14.4 Å². The van der Waals surface area contributed by atoms with E-state index in [1.165, 1.54) is 4.90 Å². The first-order chi connectivity index (χ1) is 15.1. The van der Waals surface area contributed by atoms with E-state index in [1.54, 1.807) is 24.3 Å². The van der Waals surface area contributed by atoms with Crippen molar-refractivity contribution in [3.8, 4) is 5.75 Å². The van der Waals surface area contributed by atoms with Gasteiger partial charge in [-0.2, -0.15) is 0 Å². The van der Waals surface area contributed by atoms with Crippen LogP contribution in [0.4, 0.5) is 11.4 Å². The number of likely N-dealkylation sites (tertiary alicyclic amines) is 1. The molecule has 0 bridgehead atoms. The van der Waals surface area contributed by atoms with Gasteiger partial charge in [-0.3, -0.25) is 19.3 Å². The maximum absolute atomic E-state index is 13.0. The number of carbonyl (C=O) groups is 3. The quantitative estimate of drug-likeness (QED) is 0.726. The molecule has 1 N–H and O–H groups in total. The first kappa shape index (κ1) is 21.1. The highest BCUT2D eigenvalue weighted by molar-refractivity contribution is 6.22. The Morgan fingerprint density at radius 2 is 1.71 bits per heavy atom. The minimum absolute atomic E-state index is 0.00990. The molecule has 2 saturated heterocycles. The van der Waals surface area contributed by atoms with Crippen molar-refractivity contribution in [1.82, 2.24) is 4.90 Å². The van der Waals surface area contributed by atoms with Crippen LogP contribution in [0.1, 0.15) is 26.2 Å².